The smallest absolute Gasteiger partial charge is 0.338 e. The van der Waals surface area contributed by atoms with E-state index in [0.29, 0.717) is 22.8 Å². The quantitative estimate of drug-likeness (QED) is 0.691. The molecule has 2 aromatic heterocycles. The monoisotopic (exact) mass is 373 g/mol. The molecule has 138 valence electrons. The van der Waals surface area contributed by atoms with Gasteiger partial charge in [-0.2, -0.15) is 18.3 Å². The van der Waals surface area contributed by atoms with Crippen molar-refractivity contribution < 1.29 is 18.0 Å². The van der Waals surface area contributed by atoms with Crippen molar-refractivity contribution in [3.05, 3.63) is 28.8 Å². The summed E-state index contributed by atoms with van der Waals surface area (Å²) in [5.74, 6) is -0.0779. The molecule has 0 atom stereocenters. The molecule has 0 radical (unpaired) electrons. The average Bonchev–Trinajstić information content (AvgIpc) is 3.20. The van der Waals surface area contributed by atoms with Gasteiger partial charge in [0.15, 0.2) is 0 Å². The molecule has 0 aliphatic heterocycles. The van der Waals surface area contributed by atoms with Crippen LogP contribution in [0.2, 0.25) is 0 Å². The van der Waals surface area contributed by atoms with Crippen molar-refractivity contribution in [2.75, 3.05) is 13.1 Å². The molecule has 1 amide bonds. The van der Waals surface area contributed by atoms with E-state index in [2.05, 4.69) is 5.10 Å². The fraction of sp³-hybridized carbons (Fsp3) is 0.529. The van der Waals surface area contributed by atoms with Crippen molar-refractivity contribution in [3.63, 3.8) is 0 Å². The van der Waals surface area contributed by atoms with Crippen LogP contribution in [0.4, 0.5) is 13.2 Å². The van der Waals surface area contributed by atoms with Gasteiger partial charge in [-0.3, -0.25) is 9.48 Å². The molecular weight excluding hydrogens is 351 g/mol. The lowest BCUT2D eigenvalue weighted by molar-refractivity contribution is -0.144. The van der Waals surface area contributed by atoms with E-state index in [1.54, 1.807) is 24.0 Å². The second kappa shape index (κ2) is 8.03. The molecule has 0 aliphatic carbocycles. The third-order valence-corrected chi connectivity index (χ3v) is 4.81. The van der Waals surface area contributed by atoms with Gasteiger partial charge in [-0.1, -0.05) is 13.8 Å². The number of thiophene rings is 1. The Morgan fingerprint density at radius 2 is 1.84 bits per heavy atom. The lowest BCUT2D eigenvalue weighted by atomic mass is 10.3. The lowest BCUT2D eigenvalue weighted by Crippen LogP contribution is -2.31. The fourth-order valence-corrected chi connectivity index (χ4v) is 3.54. The molecule has 0 aromatic carbocycles. The maximum Gasteiger partial charge on any atom is 0.433 e. The molecule has 25 heavy (non-hydrogen) atoms. The van der Waals surface area contributed by atoms with Crippen molar-refractivity contribution in [2.24, 2.45) is 0 Å². The third kappa shape index (κ3) is 4.42. The summed E-state index contributed by atoms with van der Waals surface area (Å²) >= 11 is 1.18. The average molecular weight is 373 g/mol. The topological polar surface area (TPSA) is 38.1 Å². The first-order valence-electron chi connectivity index (χ1n) is 8.36. The minimum atomic E-state index is -4.45. The molecule has 2 heterocycles. The summed E-state index contributed by atoms with van der Waals surface area (Å²) in [5.41, 5.74) is -0.527. The molecule has 4 nitrogen and oxygen atoms in total. The van der Waals surface area contributed by atoms with Gasteiger partial charge in [-0.05, 0) is 38.0 Å². The Hall–Kier alpha value is -1.83. The van der Waals surface area contributed by atoms with Crippen LogP contribution in [-0.2, 0) is 12.7 Å². The molecule has 0 aliphatic rings. The van der Waals surface area contributed by atoms with Crippen molar-refractivity contribution >= 4 is 17.2 Å². The van der Waals surface area contributed by atoms with Gasteiger partial charge in [0, 0.05) is 19.6 Å². The van der Waals surface area contributed by atoms with Gasteiger partial charge in [0.1, 0.15) is 11.4 Å². The van der Waals surface area contributed by atoms with Gasteiger partial charge < -0.3 is 4.90 Å². The first kappa shape index (κ1) is 19.5. The summed E-state index contributed by atoms with van der Waals surface area (Å²) in [6.45, 7) is 7.10. The van der Waals surface area contributed by atoms with Crippen LogP contribution >= 0.6 is 11.3 Å². The Morgan fingerprint density at radius 3 is 2.32 bits per heavy atom. The van der Waals surface area contributed by atoms with Crippen LogP contribution in [-0.4, -0.2) is 33.7 Å². The van der Waals surface area contributed by atoms with Gasteiger partial charge in [-0.25, -0.2) is 0 Å². The molecule has 0 spiro atoms. The van der Waals surface area contributed by atoms with E-state index in [9.17, 15) is 18.0 Å². The number of alkyl halides is 3. The Morgan fingerprint density at radius 1 is 1.20 bits per heavy atom. The van der Waals surface area contributed by atoms with Crippen LogP contribution < -0.4 is 0 Å². The van der Waals surface area contributed by atoms with Gasteiger partial charge in [-0.15, -0.1) is 11.3 Å². The molecule has 0 saturated heterocycles. The Labute approximate surface area is 149 Å². The minimum Gasteiger partial charge on any atom is -0.338 e. The van der Waals surface area contributed by atoms with Gasteiger partial charge in [0.2, 0.25) is 0 Å². The lowest BCUT2D eigenvalue weighted by Gasteiger charge is -2.20. The van der Waals surface area contributed by atoms with Crippen LogP contribution in [0.25, 0.3) is 10.6 Å². The normalized spacial score (nSPS) is 11.8. The highest BCUT2D eigenvalue weighted by atomic mass is 32.1. The molecule has 0 N–H and O–H groups in total. The fourth-order valence-electron chi connectivity index (χ4n) is 2.61. The predicted octanol–water partition coefficient (Wildman–Crippen LogP) is 4.91. The predicted molar refractivity (Wildman–Crippen MR) is 92.7 cm³/mol. The van der Waals surface area contributed by atoms with Crippen LogP contribution in [0.3, 0.4) is 0 Å². The van der Waals surface area contributed by atoms with Crippen LogP contribution in [0.15, 0.2) is 18.2 Å². The van der Waals surface area contributed by atoms with E-state index in [4.69, 9.17) is 0 Å². The summed E-state index contributed by atoms with van der Waals surface area (Å²) in [7, 11) is 0. The Bertz CT molecular complexity index is 715. The number of carbonyl (C=O) groups is 1. The van der Waals surface area contributed by atoms with Crippen molar-refractivity contribution in [2.45, 2.75) is 46.3 Å². The zero-order chi connectivity index (χ0) is 18.6. The van der Waals surface area contributed by atoms with E-state index in [1.165, 1.54) is 11.3 Å². The summed E-state index contributed by atoms with van der Waals surface area (Å²) in [5, 5.41) is 4.04. The van der Waals surface area contributed by atoms with Gasteiger partial charge in [0.05, 0.1) is 9.75 Å². The first-order valence-corrected chi connectivity index (χ1v) is 9.17. The van der Waals surface area contributed by atoms with Crippen molar-refractivity contribution in [3.8, 4) is 10.6 Å². The zero-order valence-electron chi connectivity index (χ0n) is 14.6. The molecule has 2 aromatic rings. The molecule has 0 fully saturated rings. The van der Waals surface area contributed by atoms with Crippen LogP contribution in [0.5, 0.6) is 0 Å². The Balaban J connectivity index is 2.29. The number of hydrogen-bond acceptors (Lipinski definition) is 3. The summed E-state index contributed by atoms with van der Waals surface area (Å²) in [4.78, 5) is 15.5. The second-order valence-electron chi connectivity index (χ2n) is 5.68. The van der Waals surface area contributed by atoms with E-state index in [0.717, 1.165) is 23.6 Å². The second-order valence-corrected chi connectivity index (χ2v) is 6.77. The van der Waals surface area contributed by atoms with Crippen LogP contribution in [0.1, 0.15) is 49.0 Å². The summed E-state index contributed by atoms with van der Waals surface area (Å²) < 4.78 is 40.1. The van der Waals surface area contributed by atoms with E-state index in [-0.39, 0.29) is 18.1 Å². The molecule has 2 rings (SSSR count). The standard InChI is InChI=1S/C17H22F3N3OS/c1-4-9-22(10-5-2)16(24)14-8-7-13(25-14)12-11-15(17(18,19)20)23(6-3)21-12/h7-8,11H,4-6,9-10H2,1-3H3. The number of hydrogen-bond donors (Lipinski definition) is 0. The number of nitrogens with zero attached hydrogens (tertiary/aromatic N) is 3. The van der Waals surface area contributed by atoms with Gasteiger partial charge >= 0.3 is 6.18 Å². The Kier molecular flexibility index (Phi) is 6.26. The molecule has 0 saturated carbocycles. The van der Waals surface area contributed by atoms with Crippen molar-refractivity contribution in [1.29, 1.82) is 0 Å². The highest BCUT2D eigenvalue weighted by Gasteiger charge is 2.35. The maximum absolute atomic E-state index is 13.1. The number of aryl methyl sites for hydroxylation is 1. The van der Waals surface area contributed by atoms with E-state index >= 15 is 0 Å². The summed E-state index contributed by atoms with van der Waals surface area (Å²) in [6.07, 6.45) is -2.73. The number of rotatable bonds is 7. The largest absolute Gasteiger partial charge is 0.433 e. The van der Waals surface area contributed by atoms with Crippen molar-refractivity contribution in [1.82, 2.24) is 14.7 Å². The summed E-state index contributed by atoms with van der Waals surface area (Å²) in [6, 6.07) is 4.37. The third-order valence-electron chi connectivity index (χ3n) is 3.71. The number of carbonyl (C=O) groups excluding carboxylic acids is 1. The molecule has 0 bridgehead atoms. The first-order chi connectivity index (χ1) is 11.8. The van der Waals surface area contributed by atoms with Gasteiger partial charge in [0.25, 0.3) is 5.91 Å². The molecule has 8 heteroatoms. The molecular formula is C17H22F3N3OS. The molecule has 0 unspecified atom stereocenters. The van der Waals surface area contributed by atoms with E-state index < -0.39 is 11.9 Å². The van der Waals surface area contributed by atoms with Crippen LogP contribution in [0, 0.1) is 0 Å². The highest BCUT2D eigenvalue weighted by molar-refractivity contribution is 7.17. The highest BCUT2D eigenvalue weighted by Crippen LogP contribution is 2.34. The number of halogens is 3. The number of aromatic nitrogens is 2. The SMILES string of the molecule is CCCN(CCC)C(=O)c1ccc(-c2cc(C(F)(F)F)n(CC)n2)s1. The maximum atomic E-state index is 13.1. The number of amides is 1. The van der Waals surface area contributed by atoms with E-state index in [1.807, 2.05) is 13.8 Å². The minimum absolute atomic E-state index is 0.0779. The zero-order valence-corrected chi connectivity index (χ0v) is 15.4.